The van der Waals surface area contributed by atoms with Gasteiger partial charge in [-0.05, 0) is 24.0 Å². The van der Waals surface area contributed by atoms with Crippen LogP contribution in [0, 0.1) is 0 Å². The molecule has 0 bridgehead atoms. The number of hydrogen-bond acceptors (Lipinski definition) is 3. The highest BCUT2D eigenvalue weighted by molar-refractivity contribution is 5.29. The third-order valence-electron chi connectivity index (χ3n) is 4.61. The molecule has 0 aliphatic carbocycles. The molecule has 2 fully saturated rings. The first-order valence-electron chi connectivity index (χ1n) is 8.12. The van der Waals surface area contributed by atoms with Gasteiger partial charge in [0.2, 0.25) is 0 Å². The molecule has 1 aromatic rings. The number of nitrogens with zero attached hydrogens (tertiary/aromatic N) is 2. The van der Waals surface area contributed by atoms with E-state index in [-0.39, 0.29) is 13.0 Å². The molecule has 5 heteroatoms. The average Bonchev–Trinajstić information content (AvgIpc) is 3.08. The number of aromatic nitrogens is 1. The number of hydrogen-bond donors (Lipinski definition) is 0. The molecule has 3 nitrogen and oxygen atoms in total. The number of pyridine rings is 1. The van der Waals surface area contributed by atoms with E-state index in [2.05, 4.69) is 26.0 Å². The van der Waals surface area contributed by atoms with Crippen LogP contribution in [0.1, 0.15) is 55.5 Å². The van der Waals surface area contributed by atoms with Crippen LogP contribution in [-0.2, 0) is 11.3 Å². The van der Waals surface area contributed by atoms with Crippen LogP contribution >= 0.6 is 0 Å². The minimum atomic E-state index is -2.55. The second-order valence-corrected chi connectivity index (χ2v) is 6.80. The molecular formula is C17H24F2N2O. The quantitative estimate of drug-likeness (QED) is 0.850. The number of alkyl halides is 2. The minimum absolute atomic E-state index is 0.0429. The average molecular weight is 310 g/mol. The monoisotopic (exact) mass is 310 g/mol. The molecule has 0 amide bonds. The van der Waals surface area contributed by atoms with Gasteiger partial charge in [0.25, 0.3) is 5.92 Å². The Morgan fingerprint density at radius 2 is 2.23 bits per heavy atom. The highest BCUT2D eigenvalue weighted by Gasteiger charge is 2.38. The maximum atomic E-state index is 13.4. The van der Waals surface area contributed by atoms with E-state index in [0.29, 0.717) is 31.5 Å². The standard InChI is InChI=1S/C17H24F2N2O/c1-12(2)15-4-3-14(13-5-8-22-10-13)16(20-15)9-21-7-6-17(18,19)11-21/h3-4,12-13H,5-11H2,1-2H3/t13-/m0/s1. The van der Waals surface area contributed by atoms with Crippen molar-refractivity contribution in [2.45, 2.75) is 51.0 Å². The van der Waals surface area contributed by atoms with Crippen LogP contribution in [0.4, 0.5) is 8.78 Å². The number of rotatable bonds is 4. The van der Waals surface area contributed by atoms with E-state index < -0.39 is 5.92 Å². The van der Waals surface area contributed by atoms with E-state index in [4.69, 9.17) is 9.72 Å². The van der Waals surface area contributed by atoms with Gasteiger partial charge in [-0.1, -0.05) is 19.9 Å². The predicted molar refractivity (Wildman–Crippen MR) is 81.3 cm³/mol. The van der Waals surface area contributed by atoms with Crippen LogP contribution in [0.2, 0.25) is 0 Å². The number of likely N-dealkylation sites (tertiary alicyclic amines) is 1. The Morgan fingerprint density at radius 3 is 2.82 bits per heavy atom. The summed E-state index contributed by atoms with van der Waals surface area (Å²) in [5.41, 5.74) is 3.17. The third-order valence-corrected chi connectivity index (χ3v) is 4.61. The molecule has 2 aliphatic rings. The fraction of sp³-hybridized carbons (Fsp3) is 0.706. The van der Waals surface area contributed by atoms with Crippen molar-refractivity contribution >= 4 is 0 Å². The lowest BCUT2D eigenvalue weighted by molar-refractivity contribution is 0.0113. The summed E-state index contributed by atoms with van der Waals surface area (Å²) < 4.78 is 32.3. The van der Waals surface area contributed by atoms with Crippen LogP contribution < -0.4 is 0 Å². The van der Waals surface area contributed by atoms with E-state index >= 15 is 0 Å². The van der Waals surface area contributed by atoms with Crippen molar-refractivity contribution in [1.29, 1.82) is 0 Å². The van der Waals surface area contributed by atoms with E-state index in [1.54, 1.807) is 0 Å². The second-order valence-electron chi connectivity index (χ2n) is 6.80. The molecule has 22 heavy (non-hydrogen) atoms. The first-order valence-corrected chi connectivity index (χ1v) is 8.12. The third kappa shape index (κ3) is 3.46. The van der Waals surface area contributed by atoms with Crippen LogP contribution in [0.3, 0.4) is 0 Å². The van der Waals surface area contributed by atoms with Crippen LogP contribution in [0.15, 0.2) is 12.1 Å². The topological polar surface area (TPSA) is 25.4 Å². The van der Waals surface area contributed by atoms with E-state index in [0.717, 1.165) is 24.4 Å². The summed E-state index contributed by atoms with van der Waals surface area (Å²) in [4.78, 5) is 6.61. The normalized spacial score (nSPS) is 25.2. The van der Waals surface area contributed by atoms with Gasteiger partial charge in [-0.25, -0.2) is 8.78 Å². The van der Waals surface area contributed by atoms with Gasteiger partial charge in [-0.2, -0.15) is 0 Å². The Hall–Kier alpha value is -1.07. The van der Waals surface area contributed by atoms with Crippen molar-refractivity contribution in [3.8, 4) is 0 Å². The van der Waals surface area contributed by atoms with Gasteiger partial charge >= 0.3 is 0 Å². The van der Waals surface area contributed by atoms with Gasteiger partial charge < -0.3 is 4.74 Å². The molecule has 0 N–H and O–H groups in total. The van der Waals surface area contributed by atoms with E-state index in [1.807, 2.05) is 4.90 Å². The summed E-state index contributed by atoms with van der Waals surface area (Å²) in [6, 6.07) is 4.20. The lowest BCUT2D eigenvalue weighted by Crippen LogP contribution is -2.26. The second kappa shape index (κ2) is 6.20. The lowest BCUT2D eigenvalue weighted by atomic mass is 9.95. The van der Waals surface area contributed by atoms with Crippen molar-refractivity contribution in [2.24, 2.45) is 0 Å². The van der Waals surface area contributed by atoms with Crippen molar-refractivity contribution in [1.82, 2.24) is 9.88 Å². The highest BCUT2D eigenvalue weighted by atomic mass is 19.3. The van der Waals surface area contributed by atoms with E-state index in [1.165, 1.54) is 5.56 Å². The highest BCUT2D eigenvalue weighted by Crippen LogP contribution is 2.32. The molecule has 3 heterocycles. The Balaban J connectivity index is 1.84. The summed E-state index contributed by atoms with van der Waals surface area (Å²) in [6.07, 6.45) is 0.949. The molecule has 0 saturated carbocycles. The predicted octanol–water partition coefficient (Wildman–Crippen LogP) is 3.55. The van der Waals surface area contributed by atoms with Crippen LogP contribution in [0.25, 0.3) is 0 Å². The van der Waals surface area contributed by atoms with Gasteiger partial charge in [0, 0.05) is 37.7 Å². The fourth-order valence-electron chi connectivity index (χ4n) is 3.28. The molecule has 122 valence electrons. The van der Waals surface area contributed by atoms with Crippen molar-refractivity contribution < 1.29 is 13.5 Å². The lowest BCUT2D eigenvalue weighted by Gasteiger charge is -2.21. The Bertz CT molecular complexity index is 527. The Kier molecular flexibility index (Phi) is 4.46. The molecule has 1 atom stereocenters. The zero-order valence-electron chi connectivity index (χ0n) is 13.3. The first-order chi connectivity index (χ1) is 10.4. The van der Waals surface area contributed by atoms with Crippen molar-refractivity contribution in [2.75, 3.05) is 26.3 Å². The first kappa shape index (κ1) is 15.8. The molecule has 0 radical (unpaired) electrons. The zero-order valence-corrected chi connectivity index (χ0v) is 13.3. The number of halogens is 2. The minimum Gasteiger partial charge on any atom is -0.381 e. The zero-order chi connectivity index (χ0) is 15.7. The molecular weight excluding hydrogens is 286 g/mol. The fourth-order valence-corrected chi connectivity index (χ4v) is 3.28. The smallest absolute Gasteiger partial charge is 0.261 e. The molecule has 3 rings (SSSR count). The molecule has 2 aliphatic heterocycles. The van der Waals surface area contributed by atoms with Crippen LogP contribution in [0.5, 0.6) is 0 Å². The van der Waals surface area contributed by atoms with Crippen molar-refractivity contribution in [3.05, 3.63) is 29.1 Å². The molecule has 0 aromatic carbocycles. The van der Waals surface area contributed by atoms with Gasteiger partial charge in [0.1, 0.15) is 0 Å². The van der Waals surface area contributed by atoms with Gasteiger partial charge in [0.05, 0.1) is 18.8 Å². The number of ether oxygens (including phenoxy) is 1. The summed E-state index contributed by atoms with van der Waals surface area (Å²) in [5.74, 6) is -1.86. The summed E-state index contributed by atoms with van der Waals surface area (Å²) in [5, 5.41) is 0. The summed E-state index contributed by atoms with van der Waals surface area (Å²) in [6.45, 7) is 6.51. The molecule has 1 aromatic heterocycles. The van der Waals surface area contributed by atoms with Crippen LogP contribution in [-0.4, -0.2) is 42.1 Å². The van der Waals surface area contributed by atoms with Gasteiger partial charge in [-0.3, -0.25) is 9.88 Å². The van der Waals surface area contributed by atoms with Crippen molar-refractivity contribution in [3.63, 3.8) is 0 Å². The van der Waals surface area contributed by atoms with Gasteiger partial charge in [0.15, 0.2) is 0 Å². The summed E-state index contributed by atoms with van der Waals surface area (Å²) in [7, 11) is 0. The summed E-state index contributed by atoms with van der Waals surface area (Å²) >= 11 is 0. The molecule has 0 spiro atoms. The molecule has 2 saturated heterocycles. The van der Waals surface area contributed by atoms with E-state index in [9.17, 15) is 8.78 Å². The maximum absolute atomic E-state index is 13.4. The maximum Gasteiger partial charge on any atom is 0.261 e. The van der Waals surface area contributed by atoms with Gasteiger partial charge in [-0.15, -0.1) is 0 Å². The Labute approximate surface area is 130 Å². The SMILES string of the molecule is CC(C)c1ccc([C@H]2CCOC2)c(CN2CCC(F)(F)C2)n1. The largest absolute Gasteiger partial charge is 0.381 e. The molecule has 0 unspecified atom stereocenters. The Morgan fingerprint density at radius 1 is 1.41 bits per heavy atom.